The quantitative estimate of drug-likeness (QED) is 0.583. The van der Waals surface area contributed by atoms with E-state index in [-0.39, 0.29) is 17.3 Å². The van der Waals surface area contributed by atoms with E-state index in [9.17, 15) is 13.6 Å². The van der Waals surface area contributed by atoms with E-state index in [4.69, 9.17) is 4.74 Å². The molecule has 0 aromatic heterocycles. The van der Waals surface area contributed by atoms with Crippen molar-refractivity contribution in [2.75, 3.05) is 45.2 Å². The summed E-state index contributed by atoms with van der Waals surface area (Å²) in [6.07, 6.45) is 0. The third-order valence-corrected chi connectivity index (χ3v) is 5.33. The number of halogens is 2. The Bertz CT molecular complexity index is 855. The van der Waals surface area contributed by atoms with Gasteiger partial charge in [-0.3, -0.25) is 4.79 Å². The maximum atomic E-state index is 12.5. The number of benzene rings is 2. The molecule has 0 spiro atoms. The van der Waals surface area contributed by atoms with Gasteiger partial charge in [0, 0.05) is 5.56 Å². The molecule has 162 valence electrons. The molecule has 1 aliphatic rings. The number of hydrogen-bond donors (Lipinski definition) is 3. The van der Waals surface area contributed by atoms with Crippen molar-refractivity contribution in [2.24, 2.45) is 0 Å². The van der Waals surface area contributed by atoms with E-state index in [0.29, 0.717) is 6.54 Å². The maximum absolute atomic E-state index is 12.5. The molecule has 2 aromatic rings. The van der Waals surface area contributed by atoms with Gasteiger partial charge >= 0.3 is 6.61 Å². The highest BCUT2D eigenvalue weighted by Crippen LogP contribution is 2.25. The zero-order valence-electron chi connectivity index (χ0n) is 17.3. The summed E-state index contributed by atoms with van der Waals surface area (Å²) < 4.78 is 35.0. The summed E-state index contributed by atoms with van der Waals surface area (Å²) in [6, 6.07) is 12.4. The molecule has 3 N–H and O–H groups in total. The van der Waals surface area contributed by atoms with E-state index in [2.05, 4.69) is 23.0 Å². The highest BCUT2D eigenvalue weighted by atomic mass is 19.3. The Kier molecular flexibility index (Phi) is 7.59. The number of hydrogen-bond acceptors (Lipinski definition) is 3. The van der Waals surface area contributed by atoms with Crippen molar-refractivity contribution < 1.29 is 32.8 Å². The second-order valence-corrected chi connectivity index (χ2v) is 7.59. The lowest BCUT2D eigenvalue weighted by molar-refractivity contribution is -1.02. The van der Waals surface area contributed by atoms with Gasteiger partial charge in [-0.1, -0.05) is 23.8 Å². The lowest BCUT2D eigenvalue weighted by Gasteiger charge is -2.29. The molecule has 0 atom stereocenters. The number of piperazine rings is 1. The molecule has 0 saturated carbocycles. The number of methoxy groups -OCH3 is 1. The highest BCUT2D eigenvalue weighted by Gasteiger charge is 2.26. The van der Waals surface area contributed by atoms with Gasteiger partial charge in [0.15, 0.2) is 6.54 Å². The summed E-state index contributed by atoms with van der Waals surface area (Å²) in [5.41, 5.74) is 2.67. The third kappa shape index (κ3) is 6.14. The molecule has 1 saturated heterocycles. The zero-order valence-corrected chi connectivity index (χ0v) is 17.3. The van der Waals surface area contributed by atoms with Gasteiger partial charge in [-0.25, -0.2) is 0 Å². The number of para-hydroxylation sites is 2. The average molecular weight is 421 g/mol. The van der Waals surface area contributed by atoms with Crippen LogP contribution in [0.5, 0.6) is 11.5 Å². The van der Waals surface area contributed by atoms with Gasteiger partial charge in [-0.05, 0) is 31.2 Å². The molecule has 3 rings (SSSR count). The number of anilines is 1. The molecule has 0 unspecified atom stereocenters. The Morgan fingerprint density at radius 3 is 2.47 bits per heavy atom. The summed E-state index contributed by atoms with van der Waals surface area (Å²) in [5.74, 6) is 0.670. The first-order valence-electron chi connectivity index (χ1n) is 10.1. The van der Waals surface area contributed by atoms with Crippen molar-refractivity contribution in [3.05, 3.63) is 53.6 Å². The standard InChI is InChI=1S/C22H27F2N3O3/c1-16-7-8-19(29-2)17(13-16)14-26-9-11-27(12-10-26)15-21(28)25-18-5-3-4-6-20(18)30-22(23)24/h3-8,13,22H,9-12,14-15H2,1-2H3,(H,25,28)/p+2. The van der Waals surface area contributed by atoms with E-state index in [0.717, 1.165) is 38.5 Å². The molecule has 0 aliphatic carbocycles. The Morgan fingerprint density at radius 2 is 1.77 bits per heavy atom. The zero-order chi connectivity index (χ0) is 21.5. The van der Waals surface area contributed by atoms with Crippen molar-refractivity contribution in [3.63, 3.8) is 0 Å². The van der Waals surface area contributed by atoms with E-state index >= 15 is 0 Å². The third-order valence-electron chi connectivity index (χ3n) is 5.33. The summed E-state index contributed by atoms with van der Waals surface area (Å²) in [5, 5.41) is 2.69. The summed E-state index contributed by atoms with van der Waals surface area (Å²) in [4.78, 5) is 15.1. The second kappa shape index (κ2) is 10.4. The molecule has 6 nitrogen and oxygen atoms in total. The lowest BCUT2D eigenvalue weighted by Crippen LogP contribution is -3.28. The monoisotopic (exact) mass is 421 g/mol. The molecular formula is C22H29F2N3O3+2. The van der Waals surface area contributed by atoms with Crippen LogP contribution in [0.25, 0.3) is 0 Å². The number of amides is 1. The largest absolute Gasteiger partial charge is 0.496 e. The number of nitrogens with one attached hydrogen (secondary N) is 3. The molecule has 0 bridgehead atoms. The van der Waals surface area contributed by atoms with Crippen LogP contribution in [0.1, 0.15) is 11.1 Å². The first-order chi connectivity index (χ1) is 14.4. The first kappa shape index (κ1) is 22.0. The Hall–Kier alpha value is -2.71. The van der Waals surface area contributed by atoms with Gasteiger partial charge in [-0.15, -0.1) is 0 Å². The molecule has 1 fully saturated rings. The fourth-order valence-electron chi connectivity index (χ4n) is 3.82. The number of quaternary nitrogens is 2. The SMILES string of the molecule is COc1ccc(C)cc1C[NH+]1CC[NH+](CC(=O)Nc2ccccc2OC(F)F)CC1. The van der Waals surface area contributed by atoms with Crippen LogP contribution in [0.2, 0.25) is 0 Å². The van der Waals surface area contributed by atoms with Crippen molar-refractivity contribution in [1.82, 2.24) is 0 Å². The molecular weight excluding hydrogens is 392 g/mol. The molecule has 1 amide bonds. The minimum atomic E-state index is -2.93. The normalized spacial score (nSPS) is 18.8. The number of carbonyl (C=O) groups excluding carboxylic acids is 1. The summed E-state index contributed by atoms with van der Waals surface area (Å²) in [6.45, 7) is 3.96. The minimum absolute atomic E-state index is 0.0304. The summed E-state index contributed by atoms with van der Waals surface area (Å²) in [7, 11) is 1.69. The lowest BCUT2D eigenvalue weighted by atomic mass is 10.1. The first-order valence-corrected chi connectivity index (χ1v) is 10.1. The van der Waals surface area contributed by atoms with Gasteiger partial charge in [-0.2, -0.15) is 8.78 Å². The van der Waals surface area contributed by atoms with Gasteiger partial charge in [0.1, 0.15) is 44.2 Å². The topological polar surface area (TPSA) is 56.4 Å². The van der Waals surface area contributed by atoms with Gasteiger partial charge in [0.05, 0.1) is 12.8 Å². The number of ether oxygens (including phenoxy) is 2. The van der Waals surface area contributed by atoms with Crippen LogP contribution in [0.4, 0.5) is 14.5 Å². The Balaban J connectivity index is 1.49. The molecule has 1 aliphatic heterocycles. The van der Waals surface area contributed by atoms with E-state index in [1.165, 1.54) is 27.0 Å². The van der Waals surface area contributed by atoms with Crippen LogP contribution < -0.4 is 24.6 Å². The fourth-order valence-corrected chi connectivity index (χ4v) is 3.82. The number of alkyl halides is 2. The van der Waals surface area contributed by atoms with Crippen molar-refractivity contribution in [3.8, 4) is 11.5 Å². The summed E-state index contributed by atoms with van der Waals surface area (Å²) >= 11 is 0. The molecule has 8 heteroatoms. The predicted molar refractivity (Wildman–Crippen MR) is 109 cm³/mol. The van der Waals surface area contributed by atoms with Gasteiger partial charge < -0.3 is 24.6 Å². The van der Waals surface area contributed by atoms with Crippen LogP contribution in [-0.4, -0.2) is 52.4 Å². The van der Waals surface area contributed by atoms with E-state index < -0.39 is 6.61 Å². The van der Waals surface area contributed by atoms with Crippen LogP contribution in [0.3, 0.4) is 0 Å². The van der Waals surface area contributed by atoms with Crippen molar-refractivity contribution in [1.29, 1.82) is 0 Å². The highest BCUT2D eigenvalue weighted by molar-refractivity contribution is 5.92. The maximum Gasteiger partial charge on any atom is 0.387 e. The number of rotatable bonds is 8. The fraction of sp³-hybridized carbons (Fsp3) is 0.409. The van der Waals surface area contributed by atoms with Crippen LogP contribution in [-0.2, 0) is 11.3 Å². The van der Waals surface area contributed by atoms with Crippen LogP contribution >= 0.6 is 0 Å². The number of carbonyl (C=O) groups is 1. The molecule has 30 heavy (non-hydrogen) atoms. The number of aryl methyl sites for hydroxylation is 1. The van der Waals surface area contributed by atoms with E-state index in [1.54, 1.807) is 25.3 Å². The molecule has 0 radical (unpaired) electrons. The molecule has 2 aromatic carbocycles. The predicted octanol–water partition coefficient (Wildman–Crippen LogP) is 0.527. The van der Waals surface area contributed by atoms with Gasteiger partial charge in [0.2, 0.25) is 0 Å². The average Bonchev–Trinajstić information content (AvgIpc) is 2.71. The van der Waals surface area contributed by atoms with Crippen molar-refractivity contribution in [2.45, 2.75) is 20.1 Å². The Morgan fingerprint density at radius 1 is 1.07 bits per heavy atom. The second-order valence-electron chi connectivity index (χ2n) is 7.59. The van der Waals surface area contributed by atoms with E-state index in [1.807, 2.05) is 12.1 Å². The van der Waals surface area contributed by atoms with Crippen LogP contribution in [0, 0.1) is 6.92 Å². The Labute approximate surface area is 175 Å². The van der Waals surface area contributed by atoms with Crippen LogP contribution in [0.15, 0.2) is 42.5 Å². The molecule has 1 heterocycles. The smallest absolute Gasteiger partial charge is 0.387 e. The van der Waals surface area contributed by atoms with Gasteiger partial charge in [0.25, 0.3) is 5.91 Å². The van der Waals surface area contributed by atoms with Crippen molar-refractivity contribution >= 4 is 11.6 Å². The minimum Gasteiger partial charge on any atom is -0.496 e.